The van der Waals surface area contributed by atoms with Gasteiger partial charge in [-0.2, -0.15) is 5.10 Å². The molecule has 2 fully saturated rings. The van der Waals surface area contributed by atoms with Crippen LogP contribution < -0.4 is 25.8 Å². The van der Waals surface area contributed by atoms with Crippen molar-refractivity contribution in [2.24, 2.45) is 0 Å². The summed E-state index contributed by atoms with van der Waals surface area (Å²) >= 11 is 7.50. The number of carbonyl (C=O) groups excluding carboxylic acids is 3. The van der Waals surface area contributed by atoms with Crippen molar-refractivity contribution in [3.63, 3.8) is 0 Å². The third-order valence-electron chi connectivity index (χ3n) is 8.11. The van der Waals surface area contributed by atoms with Crippen LogP contribution in [-0.2, 0) is 11.3 Å². The Balaban J connectivity index is 1.02. The fraction of sp³-hybridized carbons (Fsp3) is 0.355. The lowest BCUT2D eigenvalue weighted by Crippen LogP contribution is -2.50. The molecule has 0 spiro atoms. The lowest BCUT2D eigenvalue weighted by Gasteiger charge is -2.37. The number of amides is 4. The second kappa shape index (κ2) is 13.9. The van der Waals surface area contributed by atoms with Crippen LogP contribution in [0.25, 0.3) is 0 Å². The lowest BCUT2D eigenvalue weighted by molar-refractivity contribution is -0.120. The number of aryl methyl sites for hydroxylation is 2. The molecule has 0 aliphatic carbocycles. The Morgan fingerprint density at radius 2 is 1.89 bits per heavy atom. The van der Waals surface area contributed by atoms with Gasteiger partial charge >= 0.3 is 6.03 Å². The van der Waals surface area contributed by atoms with Crippen LogP contribution in [0.4, 0.5) is 33.1 Å². The number of piperidine rings is 1. The van der Waals surface area contributed by atoms with Gasteiger partial charge in [0.15, 0.2) is 10.9 Å². The van der Waals surface area contributed by atoms with Crippen LogP contribution in [0, 0.1) is 13.8 Å². The highest BCUT2D eigenvalue weighted by atomic mass is 35.5. The summed E-state index contributed by atoms with van der Waals surface area (Å²) in [5, 5.41) is 18.0. The Morgan fingerprint density at radius 1 is 1.09 bits per heavy atom. The predicted molar refractivity (Wildman–Crippen MR) is 181 cm³/mol. The number of halogens is 1. The van der Waals surface area contributed by atoms with Crippen molar-refractivity contribution in [2.45, 2.75) is 45.7 Å². The third kappa shape index (κ3) is 7.64. The van der Waals surface area contributed by atoms with Crippen molar-refractivity contribution in [2.75, 3.05) is 47.1 Å². The molecular formula is C31H34ClN11O3S. The molecule has 0 saturated carbocycles. The number of anilines is 5. The number of benzene rings is 1. The van der Waals surface area contributed by atoms with Crippen LogP contribution in [0.2, 0.25) is 5.02 Å². The summed E-state index contributed by atoms with van der Waals surface area (Å²) in [6, 6.07) is 10.9. The molecule has 6 rings (SSSR count). The zero-order chi connectivity index (χ0) is 33.1. The van der Waals surface area contributed by atoms with E-state index < -0.39 is 6.03 Å². The molecule has 3 aromatic heterocycles. The maximum absolute atomic E-state index is 12.9. The Morgan fingerprint density at radius 3 is 2.62 bits per heavy atom. The van der Waals surface area contributed by atoms with Gasteiger partial charge in [0.2, 0.25) is 5.91 Å². The molecule has 14 nitrogen and oxygen atoms in total. The van der Waals surface area contributed by atoms with Crippen molar-refractivity contribution < 1.29 is 14.4 Å². The van der Waals surface area contributed by atoms with Gasteiger partial charge in [-0.15, -0.1) is 5.10 Å². The number of carbonyl (C=O) groups is 3. The third-order valence-corrected chi connectivity index (χ3v) is 9.34. The number of rotatable bonds is 9. The van der Waals surface area contributed by atoms with Crippen LogP contribution in [0.15, 0.2) is 42.6 Å². The number of para-hydroxylation sites is 1. The molecule has 5 heterocycles. The van der Waals surface area contributed by atoms with Gasteiger partial charge in [-0.05, 0) is 57.5 Å². The van der Waals surface area contributed by atoms with Crippen LogP contribution in [0.3, 0.4) is 0 Å². The monoisotopic (exact) mass is 675 g/mol. The second-order valence-corrected chi connectivity index (χ2v) is 12.9. The van der Waals surface area contributed by atoms with Gasteiger partial charge in [0.25, 0.3) is 5.91 Å². The number of aromatic nitrogens is 5. The number of hydrogen-bond acceptors (Lipinski definition) is 12. The van der Waals surface area contributed by atoms with E-state index in [-0.39, 0.29) is 24.8 Å². The molecular weight excluding hydrogens is 642 g/mol. The molecule has 0 bridgehead atoms. The number of urea groups is 1. The molecule has 0 unspecified atom stereocenters. The van der Waals surface area contributed by atoms with Crippen LogP contribution >= 0.6 is 22.9 Å². The first-order valence-corrected chi connectivity index (χ1v) is 16.4. The minimum absolute atomic E-state index is 0.238. The molecule has 0 radical (unpaired) electrons. The lowest BCUT2D eigenvalue weighted by atomic mass is 10.0. The van der Waals surface area contributed by atoms with Crippen LogP contribution in [0.5, 0.6) is 0 Å². The largest absolute Gasteiger partial charge is 0.356 e. The Hall–Kier alpha value is -4.73. The van der Waals surface area contributed by atoms with Gasteiger partial charge < -0.3 is 15.5 Å². The van der Waals surface area contributed by atoms with Crippen molar-refractivity contribution in [3.05, 3.63) is 69.6 Å². The fourth-order valence-corrected chi connectivity index (χ4v) is 6.56. The number of nitrogens with one attached hydrogen (secondary N) is 3. The summed E-state index contributed by atoms with van der Waals surface area (Å²) in [6.07, 6.45) is 3.64. The summed E-state index contributed by atoms with van der Waals surface area (Å²) in [6.45, 7) is 6.29. The predicted octanol–water partition coefficient (Wildman–Crippen LogP) is 4.54. The SMILES string of the molecule is Cc1nc(Nc2ncc(C(=O)Nc3c(C)cccc3Cl)s2)cc(N2CCC(N(C)Cc3ccc(N4CCC(=O)NC4=O)nn3)CC2)n1. The Labute approximate surface area is 280 Å². The highest BCUT2D eigenvalue weighted by Crippen LogP contribution is 2.29. The van der Waals surface area contributed by atoms with Gasteiger partial charge in [0.1, 0.15) is 22.3 Å². The zero-order valence-corrected chi connectivity index (χ0v) is 27.7. The Kier molecular flexibility index (Phi) is 9.56. The van der Waals surface area contributed by atoms with Gasteiger partial charge in [-0.3, -0.25) is 24.7 Å². The first kappa shape index (κ1) is 32.2. The van der Waals surface area contributed by atoms with E-state index in [1.165, 1.54) is 22.4 Å². The van der Waals surface area contributed by atoms with Gasteiger partial charge in [-0.25, -0.2) is 19.7 Å². The fourth-order valence-electron chi connectivity index (χ4n) is 5.57. The first-order valence-electron chi connectivity index (χ1n) is 15.2. The van der Waals surface area contributed by atoms with Gasteiger partial charge in [-0.1, -0.05) is 35.1 Å². The van der Waals surface area contributed by atoms with E-state index >= 15 is 0 Å². The van der Waals surface area contributed by atoms with Gasteiger partial charge in [0, 0.05) is 44.7 Å². The standard InChI is InChI=1S/C31H34ClN11O3S/c1-18-5-4-6-22(32)28(18)38-29(45)23-16-33-30(47-23)36-24-15-26(35-19(2)34-24)42-12-9-21(10-13-42)41(3)17-20-7-8-25(40-39-20)43-14-11-27(44)37-31(43)46/h4-8,15-16,21H,9-14,17H2,1-3H3,(H,38,45)(H,37,44,46)(H,33,34,35,36). The molecule has 4 aromatic rings. The van der Waals surface area contributed by atoms with E-state index in [4.69, 9.17) is 11.6 Å². The van der Waals surface area contributed by atoms with Gasteiger partial charge in [0.05, 0.1) is 22.6 Å². The van der Waals surface area contributed by atoms with E-state index in [1.807, 2.05) is 38.1 Å². The summed E-state index contributed by atoms with van der Waals surface area (Å²) in [7, 11) is 2.08. The molecule has 4 amide bonds. The molecule has 2 aliphatic rings. The number of hydrogen-bond donors (Lipinski definition) is 3. The summed E-state index contributed by atoms with van der Waals surface area (Å²) in [5.41, 5.74) is 2.26. The molecule has 0 atom stereocenters. The number of thiazole rings is 1. The van der Waals surface area contributed by atoms with Crippen LogP contribution in [-0.4, -0.2) is 80.6 Å². The quantitative estimate of drug-likeness (QED) is 0.228. The van der Waals surface area contributed by atoms with Crippen molar-refractivity contribution in [1.82, 2.24) is 35.4 Å². The smallest absolute Gasteiger partial charge is 0.329 e. The van der Waals surface area contributed by atoms with E-state index in [1.54, 1.807) is 12.1 Å². The summed E-state index contributed by atoms with van der Waals surface area (Å²) in [5.74, 6) is 1.92. The molecule has 1 aromatic carbocycles. The average molecular weight is 676 g/mol. The topological polar surface area (TPSA) is 161 Å². The summed E-state index contributed by atoms with van der Waals surface area (Å²) < 4.78 is 0. The van der Waals surface area contributed by atoms with Crippen molar-refractivity contribution in [3.8, 4) is 0 Å². The second-order valence-electron chi connectivity index (χ2n) is 11.5. The summed E-state index contributed by atoms with van der Waals surface area (Å²) in [4.78, 5) is 56.4. The van der Waals surface area contributed by atoms with Crippen molar-refractivity contribution in [1.29, 1.82) is 0 Å². The minimum atomic E-state index is -0.476. The normalized spacial score (nSPS) is 15.6. The highest BCUT2D eigenvalue weighted by Gasteiger charge is 2.27. The maximum atomic E-state index is 12.9. The maximum Gasteiger partial charge on any atom is 0.329 e. The van der Waals surface area contributed by atoms with E-state index in [9.17, 15) is 14.4 Å². The van der Waals surface area contributed by atoms with Crippen LogP contribution in [0.1, 0.15) is 46.0 Å². The number of imide groups is 1. The van der Waals surface area contributed by atoms with E-state index in [0.717, 1.165) is 43.0 Å². The molecule has 3 N–H and O–H groups in total. The van der Waals surface area contributed by atoms with E-state index in [0.29, 0.717) is 50.8 Å². The van der Waals surface area contributed by atoms with Crippen molar-refractivity contribution >= 4 is 69.1 Å². The average Bonchev–Trinajstić information content (AvgIpc) is 3.52. The molecule has 2 aliphatic heterocycles. The minimum Gasteiger partial charge on any atom is -0.356 e. The molecule has 16 heteroatoms. The highest BCUT2D eigenvalue weighted by molar-refractivity contribution is 7.17. The zero-order valence-electron chi connectivity index (χ0n) is 26.2. The first-order chi connectivity index (χ1) is 22.6. The Bertz CT molecular complexity index is 1770. The molecule has 47 heavy (non-hydrogen) atoms. The van der Waals surface area contributed by atoms with E-state index in [2.05, 4.69) is 57.9 Å². The molecule has 244 valence electrons. The number of nitrogens with zero attached hydrogens (tertiary/aromatic N) is 8. The molecule has 2 saturated heterocycles.